The van der Waals surface area contributed by atoms with Crippen LogP contribution < -0.4 is 5.32 Å². The summed E-state index contributed by atoms with van der Waals surface area (Å²) in [6, 6.07) is 4.22. The summed E-state index contributed by atoms with van der Waals surface area (Å²) in [4.78, 5) is 2.33. The van der Waals surface area contributed by atoms with Crippen LogP contribution in [0.2, 0.25) is 0 Å². The van der Waals surface area contributed by atoms with E-state index in [-0.39, 0.29) is 17.1 Å². The first-order valence-corrected chi connectivity index (χ1v) is 7.78. The van der Waals surface area contributed by atoms with E-state index in [1.165, 1.54) is 31.7 Å². The van der Waals surface area contributed by atoms with Crippen molar-refractivity contribution < 1.29 is 9.50 Å². The molecular formula is C17H27FN2O. The fraction of sp³-hybridized carbons (Fsp3) is 0.647. The lowest BCUT2D eigenvalue weighted by Gasteiger charge is -2.45. The predicted molar refractivity (Wildman–Crippen MR) is 83.8 cm³/mol. The van der Waals surface area contributed by atoms with Crippen molar-refractivity contribution in [1.82, 2.24) is 10.2 Å². The van der Waals surface area contributed by atoms with Gasteiger partial charge < -0.3 is 15.3 Å². The van der Waals surface area contributed by atoms with Gasteiger partial charge >= 0.3 is 0 Å². The van der Waals surface area contributed by atoms with Gasteiger partial charge in [0.2, 0.25) is 0 Å². The van der Waals surface area contributed by atoms with E-state index in [0.717, 1.165) is 24.1 Å². The largest absolute Gasteiger partial charge is 0.508 e. The number of halogens is 1. The molecule has 21 heavy (non-hydrogen) atoms. The second kappa shape index (κ2) is 6.75. The highest BCUT2D eigenvalue weighted by atomic mass is 19.1. The lowest BCUT2D eigenvalue weighted by molar-refractivity contribution is 0.0749. The van der Waals surface area contributed by atoms with Crippen LogP contribution in [0, 0.1) is 11.7 Å². The summed E-state index contributed by atoms with van der Waals surface area (Å²) in [6.07, 6.45) is 4.97. The molecule has 1 aliphatic carbocycles. The first-order chi connectivity index (χ1) is 9.91. The minimum Gasteiger partial charge on any atom is -0.508 e. The summed E-state index contributed by atoms with van der Waals surface area (Å²) < 4.78 is 13.3. The SMILES string of the molecule is CC1CCCC(CNCc2cc(O)cc(F)c2)(N(C)C)C1. The maximum Gasteiger partial charge on any atom is 0.127 e. The molecule has 2 N–H and O–H groups in total. The van der Waals surface area contributed by atoms with Crippen LogP contribution in [0.25, 0.3) is 0 Å². The van der Waals surface area contributed by atoms with Gasteiger partial charge in [-0.2, -0.15) is 0 Å². The molecule has 1 aromatic carbocycles. The highest BCUT2D eigenvalue weighted by molar-refractivity contribution is 5.28. The summed E-state index contributed by atoms with van der Waals surface area (Å²) in [6.45, 7) is 3.79. The summed E-state index contributed by atoms with van der Waals surface area (Å²) in [7, 11) is 4.29. The summed E-state index contributed by atoms with van der Waals surface area (Å²) in [5.74, 6) is 0.349. The van der Waals surface area contributed by atoms with E-state index in [4.69, 9.17) is 0 Å². The number of hydrogen-bond donors (Lipinski definition) is 2. The number of hydrogen-bond acceptors (Lipinski definition) is 3. The first-order valence-electron chi connectivity index (χ1n) is 7.78. The fourth-order valence-electron chi connectivity index (χ4n) is 3.53. The molecule has 3 nitrogen and oxygen atoms in total. The Kier molecular flexibility index (Phi) is 5.22. The van der Waals surface area contributed by atoms with E-state index < -0.39 is 0 Å². The molecule has 4 heteroatoms. The van der Waals surface area contributed by atoms with Crippen molar-refractivity contribution in [1.29, 1.82) is 0 Å². The minimum absolute atomic E-state index is 0.0135. The van der Waals surface area contributed by atoms with Crippen molar-refractivity contribution in [3.8, 4) is 5.75 Å². The molecule has 1 saturated carbocycles. The summed E-state index contributed by atoms with van der Waals surface area (Å²) in [5, 5.41) is 12.9. The molecule has 0 spiro atoms. The Hall–Kier alpha value is -1.13. The molecule has 1 fully saturated rings. The Labute approximate surface area is 127 Å². The van der Waals surface area contributed by atoms with Crippen molar-refractivity contribution in [2.24, 2.45) is 5.92 Å². The predicted octanol–water partition coefficient (Wildman–Crippen LogP) is 3.13. The molecule has 2 unspecified atom stereocenters. The van der Waals surface area contributed by atoms with Crippen LogP contribution in [0.5, 0.6) is 5.75 Å². The van der Waals surface area contributed by atoms with E-state index in [0.29, 0.717) is 6.54 Å². The molecule has 0 aromatic heterocycles. The summed E-state index contributed by atoms with van der Waals surface area (Å²) >= 11 is 0. The molecule has 0 heterocycles. The van der Waals surface area contributed by atoms with Crippen molar-refractivity contribution in [3.05, 3.63) is 29.6 Å². The van der Waals surface area contributed by atoms with Crippen LogP contribution in [0.1, 0.15) is 38.2 Å². The third-order valence-corrected chi connectivity index (χ3v) is 4.74. The molecule has 0 aliphatic heterocycles. The van der Waals surface area contributed by atoms with Gasteiger partial charge in [-0.15, -0.1) is 0 Å². The molecule has 0 bridgehead atoms. The maximum atomic E-state index is 13.3. The Morgan fingerprint density at radius 1 is 1.38 bits per heavy atom. The molecule has 2 atom stereocenters. The number of aromatic hydroxyl groups is 1. The molecule has 0 amide bonds. The molecule has 0 saturated heterocycles. The highest BCUT2D eigenvalue weighted by Gasteiger charge is 2.36. The molecular weight excluding hydrogens is 267 g/mol. The number of phenolic OH excluding ortho intramolecular Hbond substituents is 1. The third-order valence-electron chi connectivity index (χ3n) is 4.74. The Bertz CT molecular complexity index is 458. The third kappa shape index (κ3) is 4.17. The van der Waals surface area contributed by atoms with Crippen molar-refractivity contribution in [3.63, 3.8) is 0 Å². The van der Waals surface area contributed by atoms with Gasteiger partial charge in [0.25, 0.3) is 0 Å². The number of nitrogens with zero attached hydrogens (tertiary/aromatic N) is 1. The molecule has 2 rings (SSSR count). The second-order valence-electron chi connectivity index (χ2n) is 6.74. The monoisotopic (exact) mass is 294 g/mol. The van der Waals surface area contributed by atoms with Gasteiger partial charge in [0, 0.05) is 24.7 Å². The summed E-state index contributed by atoms with van der Waals surface area (Å²) in [5.41, 5.74) is 0.970. The van der Waals surface area contributed by atoms with E-state index >= 15 is 0 Å². The standard InChI is InChI=1S/C17H27FN2O/c1-13-5-4-6-17(10-13,20(2)3)12-19-11-14-7-15(18)9-16(21)8-14/h7-9,13,19,21H,4-6,10-12H2,1-3H3. The van der Waals surface area contributed by atoms with Gasteiger partial charge in [0.1, 0.15) is 11.6 Å². The van der Waals surface area contributed by atoms with Crippen molar-refractivity contribution >= 4 is 0 Å². The number of benzene rings is 1. The van der Waals surface area contributed by atoms with Crippen LogP contribution in [-0.2, 0) is 6.54 Å². The molecule has 1 aliphatic rings. The Morgan fingerprint density at radius 2 is 2.14 bits per heavy atom. The average Bonchev–Trinajstić information content (AvgIpc) is 2.37. The van der Waals surface area contributed by atoms with Gasteiger partial charge in [-0.3, -0.25) is 0 Å². The Morgan fingerprint density at radius 3 is 2.76 bits per heavy atom. The number of phenols is 1. The fourth-order valence-corrected chi connectivity index (χ4v) is 3.53. The van der Waals surface area contributed by atoms with Crippen molar-refractivity contribution in [2.75, 3.05) is 20.6 Å². The smallest absolute Gasteiger partial charge is 0.127 e. The lowest BCUT2D eigenvalue weighted by atomic mass is 9.75. The molecule has 1 aromatic rings. The van der Waals surface area contributed by atoms with Crippen LogP contribution in [0.3, 0.4) is 0 Å². The van der Waals surface area contributed by atoms with Crippen LogP contribution in [0.4, 0.5) is 4.39 Å². The minimum atomic E-state index is -0.389. The Balaban J connectivity index is 1.96. The number of rotatable bonds is 5. The topological polar surface area (TPSA) is 35.5 Å². The first kappa shape index (κ1) is 16.2. The zero-order valence-corrected chi connectivity index (χ0v) is 13.3. The van der Waals surface area contributed by atoms with Gasteiger partial charge in [0.05, 0.1) is 0 Å². The van der Waals surface area contributed by atoms with Gasteiger partial charge in [-0.05, 0) is 50.6 Å². The normalized spacial score (nSPS) is 26.2. The zero-order valence-electron chi connectivity index (χ0n) is 13.3. The molecule has 118 valence electrons. The van der Waals surface area contributed by atoms with E-state index in [1.54, 1.807) is 6.07 Å². The van der Waals surface area contributed by atoms with Crippen LogP contribution in [0.15, 0.2) is 18.2 Å². The molecule has 0 radical (unpaired) electrons. The van der Waals surface area contributed by atoms with E-state index in [1.807, 2.05) is 0 Å². The quantitative estimate of drug-likeness (QED) is 0.876. The van der Waals surface area contributed by atoms with E-state index in [2.05, 4.69) is 31.2 Å². The van der Waals surface area contributed by atoms with Gasteiger partial charge in [0.15, 0.2) is 0 Å². The average molecular weight is 294 g/mol. The van der Waals surface area contributed by atoms with Crippen LogP contribution in [-0.4, -0.2) is 36.2 Å². The highest BCUT2D eigenvalue weighted by Crippen LogP contribution is 2.35. The zero-order chi connectivity index (χ0) is 15.5. The van der Waals surface area contributed by atoms with Gasteiger partial charge in [-0.25, -0.2) is 4.39 Å². The van der Waals surface area contributed by atoms with Crippen LogP contribution >= 0.6 is 0 Å². The lowest BCUT2D eigenvalue weighted by Crippen LogP contribution is -2.54. The van der Waals surface area contributed by atoms with Gasteiger partial charge in [-0.1, -0.05) is 19.8 Å². The second-order valence-corrected chi connectivity index (χ2v) is 6.74. The van der Waals surface area contributed by atoms with Crippen molar-refractivity contribution in [2.45, 2.75) is 44.7 Å². The maximum absolute atomic E-state index is 13.3. The number of nitrogens with one attached hydrogen (secondary N) is 1. The van der Waals surface area contributed by atoms with E-state index in [9.17, 15) is 9.50 Å². The number of likely N-dealkylation sites (N-methyl/N-ethyl adjacent to an activating group) is 1.